The van der Waals surface area contributed by atoms with Crippen molar-refractivity contribution in [2.24, 2.45) is 0 Å². The quantitative estimate of drug-likeness (QED) is 0.867. The highest BCUT2D eigenvalue weighted by molar-refractivity contribution is 7.92. The predicted molar refractivity (Wildman–Crippen MR) is 79.1 cm³/mol. The molecule has 1 saturated heterocycles. The number of nitrogens with one attached hydrogen (secondary N) is 1. The molecule has 1 aliphatic heterocycles. The highest BCUT2D eigenvalue weighted by Gasteiger charge is 2.36. The van der Waals surface area contributed by atoms with Crippen molar-refractivity contribution in [2.75, 3.05) is 5.75 Å². The summed E-state index contributed by atoms with van der Waals surface area (Å²) in [6, 6.07) is 5.26. The molecule has 1 N–H and O–H groups in total. The summed E-state index contributed by atoms with van der Waals surface area (Å²) in [6.07, 6.45) is 3.39. The molecule has 2 aromatic rings. The van der Waals surface area contributed by atoms with Gasteiger partial charge >= 0.3 is 0 Å². The van der Waals surface area contributed by atoms with Gasteiger partial charge in [-0.25, -0.2) is 8.42 Å². The van der Waals surface area contributed by atoms with E-state index < -0.39 is 15.1 Å². The molecule has 0 aliphatic carbocycles. The lowest BCUT2D eigenvalue weighted by Crippen LogP contribution is -2.35. The largest absolute Gasteiger partial charge is 0.359 e. The number of halogens is 1. The summed E-state index contributed by atoms with van der Waals surface area (Å²) in [7, 11) is -3.32. The Morgan fingerprint density at radius 3 is 2.85 bits per heavy atom. The van der Waals surface area contributed by atoms with E-state index >= 15 is 0 Å². The molecule has 0 amide bonds. The maximum absolute atomic E-state index is 12.6. The van der Waals surface area contributed by atoms with Gasteiger partial charge in [-0.1, -0.05) is 30.2 Å². The van der Waals surface area contributed by atoms with Crippen molar-refractivity contribution in [3.05, 3.63) is 35.0 Å². The van der Waals surface area contributed by atoms with Gasteiger partial charge in [-0.2, -0.15) is 0 Å². The molecule has 1 atom stereocenters. The number of carbonyl (C=O) groups is 1. The van der Waals surface area contributed by atoms with E-state index in [0.717, 1.165) is 6.42 Å². The molecular formula is C14H14ClNO3S. The minimum Gasteiger partial charge on any atom is -0.359 e. The molecule has 1 aromatic carbocycles. The number of Topliss-reactive ketones (excluding diaryl/α,β-unsaturated/α-hetero) is 1. The van der Waals surface area contributed by atoms with Gasteiger partial charge in [0.1, 0.15) is 5.25 Å². The number of H-pyrrole nitrogens is 1. The normalized spacial score (nSPS) is 21.9. The van der Waals surface area contributed by atoms with Gasteiger partial charge in [-0.05, 0) is 18.9 Å². The molecule has 0 spiro atoms. The lowest BCUT2D eigenvalue weighted by atomic mass is 10.0. The lowest BCUT2D eigenvalue weighted by molar-refractivity contribution is 0.0983. The molecule has 2 heterocycles. The number of rotatable bonds is 2. The topological polar surface area (TPSA) is 67.0 Å². The van der Waals surface area contributed by atoms with Gasteiger partial charge in [-0.15, -0.1) is 0 Å². The Morgan fingerprint density at radius 1 is 1.30 bits per heavy atom. The minimum atomic E-state index is -3.32. The first-order chi connectivity index (χ1) is 9.50. The van der Waals surface area contributed by atoms with Gasteiger partial charge in [0, 0.05) is 17.1 Å². The molecule has 3 rings (SSSR count). The van der Waals surface area contributed by atoms with Crippen LogP contribution in [-0.4, -0.2) is 30.2 Å². The number of benzene rings is 1. The molecule has 0 radical (unpaired) electrons. The molecule has 106 valence electrons. The first kappa shape index (κ1) is 13.6. The van der Waals surface area contributed by atoms with E-state index in [4.69, 9.17) is 11.6 Å². The molecule has 6 heteroatoms. The Morgan fingerprint density at radius 2 is 2.10 bits per heavy atom. The molecule has 1 aliphatic rings. The number of fused-ring (bicyclic) bond motifs is 1. The second-order valence-electron chi connectivity index (χ2n) is 5.08. The summed E-state index contributed by atoms with van der Waals surface area (Å²) < 4.78 is 24.1. The van der Waals surface area contributed by atoms with Gasteiger partial charge in [0.25, 0.3) is 0 Å². The maximum atomic E-state index is 12.6. The SMILES string of the molecule is O=C(c1c[nH]c2c(Cl)cccc12)C1CCCCS1(=O)=O. The molecule has 4 nitrogen and oxygen atoms in total. The molecule has 0 bridgehead atoms. The second kappa shape index (κ2) is 4.90. The zero-order chi connectivity index (χ0) is 14.3. The Hall–Kier alpha value is -1.33. The van der Waals surface area contributed by atoms with Gasteiger partial charge in [0.2, 0.25) is 0 Å². The third kappa shape index (κ3) is 2.15. The zero-order valence-electron chi connectivity index (χ0n) is 10.7. The van der Waals surface area contributed by atoms with Crippen LogP contribution in [-0.2, 0) is 9.84 Å². The van der Waals surface area contributed by atoms with Crippen molar-refractivity contribution in [2.45, 2.75) is 24.5 Å². The fourth-order valence-electron chi connectivity index (χ4n) is 2.74. The molecular weight excluding hydrogens is 298 g/mol. The van der Waals surface area contributed by atoms with E-state index in [2.05, 4.69) is 4.98 Å². The van der Waals surface area contributed by atoms with Crippen LogP contribution in [0.2, 0.25) is 5.02 Å². The minimum absolute atomic E-state index is 0.104. The summed E-state index contributed by atoms with van der Waals surface area (Å²) in [5.74, 6) is -0.217. The second-order valence-corrected chi connectivity index (χ2v) is 7.79. The van der Waals surface area contributed by atoms with E-state index in [9.17, 15) is 13.2 Å². The fourth-order valence-corrected chi connectivity index (χ4v) is 4.84. The zero-order valence-corrected chi connectivity index (χ0v) is 12.3. The average molecular weight is 312 g/mol. The number of para-hydroxylation sites is 1. The van der Waals surface area contributed by atoms with E-state index in [0.29, 0.717) is 34.3 Å². The summed E-state index contributed by atoms with van der Waals surface area (Å²) in [6.45, 7) is 0. The summed E-state index contributed by atoms with van der Waals surface area (Å²) in [5.41, 5.74) is 1.09. The number of hydrogen-bond donors (Lipinski definition) is 1. The lowest BCUT2D eigenvalue weighted by Gasteiger charge is -2.20. The van der Waals surface area contributed by atoms with Gasteiger partial charge in [0.05, 0.1) is 16.3 Å². The third-order valence-corrected chi connectivity index (χ3v) is 6.29. The monoisotopic (exact) mass is 311 g/mol. The van der Waals surface area contributed by atoms with Crippen LogP contribution < -0.4 is 0 Å². The highest BCUT2D eigenvalue weighted by atomic mass is 35.5. The number of ketones is 1. The Bertz CT molecular complexity index is 779. The number of carbonyl (C=O) groups excluding carboxylic acids is 1. The maximum Gasteiger partial charge on any atom is 0.183 e. The van der Waals surface area contributed by atoms with Crippen molar-refractivity contribution in [3.63, 3.8) is 0 Å². The summed E-state index contributed by atoms with van der Waals surface area (Å²) >= 11 is 6.06. The summed E-state index contributed by atoms with van der Waals surface area (Å²) in [4.78, 5) is 15.5. The first-order valence-corrected chi connectivity index (χ1v) is 8.61. The van der Waals surface area contributed by atoms with Crippen LogP contribution in [0.4, 0.5) is 0 Å². The third-order valence-electron chi connectivity index (χ3n) is 3.80. The van der Waals surface area contributed by atoms with E-state index in [1.807, 2.05) is 0 Å². The predicted octanol–water partition coefficient (Wildman–Crippen LogP) is 2.97. The Balaban J connectivity index is 2.07. The standard InChI is InChI=1S/C14H14ClNO3S/c15-11-5-3-4-9-10(8-16-13(9)11)14(17)12-6-1-2-7-20(12,18)19/h3-5,8,12,16H,1-2,6-7H2. The first-order valence-electron chi connectivity index (χ1n) is 6.52. The van der Waals surface area contributed by atoms with Crippen LogP contribution >= 0.6 is 11.6 Å². The number of aromatic nitrogens is 1. The van der Waals surface area contributed by atoms with Crippen molar-refractivity contribution in [1.82, 2.24) is 4.98 Å². The van der Waals surface area contributed by atoms with Crippen LogP contribution in [0.5, 0.6) is 0 Å². The fraction of sp³-hybridized carbons (Fsp3) is 0.357. The summed E-state index contributed by atoms with van der Waals surface area (Å²) in [5, 5.41) is 0.297. The number of sulfone groups is 1. The number of hydrogen-bond acceptors (Lipinski definition) is 3. The van der Waals surface area contributed by atoms with Crippen molar-refractivity contribution >= 4 is 38.1 Å². The van der Waals surface area contributed by atoms with Crippen LogP contribution in [0.25, 0.3) is 10.9 Å². The highest BCUT2D eigenvalue weighted by Crippen LogP contribution is 2.29. The molecule has 1 unspecified atom stereocenters. The molecule has 1 aromatic heterocycles. The van der Waals surface area contributed by atoms with Crippen molar-refractivity contribution in [3.8, 4) is 0 Å². The van der Waals surface area contributed by atoms with E-state index in [-0.39, 0.29) is 11.5 Å². The van der Waals surface area contributed by atoms with Crippen molar-refractivity contribution < 1.29 is 13.2 Å². The Labute approximate surface area is 122 Å². The molecule has 20 heavy (non-hydrogen) atoms. The van der Waals surface area contributed by atoms with Crippen LogP contribution in [0.1, 0.15) is 29.6 Å². The van der Waals surface area contributed by atoms with E-state index in [1.165, 1.54) is 0 Å². The van der Waals surface area contributed by atoms with Crippen molar-refractivity contribution in [1.29, 1.82) is 0 Å². The van der Waals surface area contributed by atoms with Gasteiger partial charge in [-0.3, -0.25) is 4.79 Å². The molecule has 0 saturated carbocycles. The smallest absolute Gasteiger partial charge is 0.183 e. The molecule has 1 fully saturated rings. The van der Waals surface area contributed by atoms with Crippen LogP contribution in [0, 0.1) is 0 Å². The van der Waals surface area contributed by atoms with Gasteiger partial charge < -0.3 is 4.98 Å². The average Bonchev–Trinajstić information content (AvgIpc) is 2.83. The van der Waals surface area contributed by atoms with E-state index in [1.54, 1.807) is 24.4 Å². The van der Waals surface area contributed by atoms with Crippen LogP contribution in [0.15, 0.2) is 24.4 Å². The van der Waals surface area contributed by atoms with Crippen LogP contribution in [0.3, 0.4) is 0 Å². The van der Waals surface area contributed by atoms with Gasteiger partial charge in [0.15, 0.2) is 15.6 Å². The number of aromatic amines is 1. The Kier molecular flexibility index (Phi) is 3.34.